The van der Waals surface area contributed by atoms with E-state index in [0.717, 1.165) is 0 Å². The molecule has 4 rings (SSSR count). The van der Waals surface area contributed by atoms with Gasteiger partial charge in [0.15, 0.2) is 0 Å². The Morgan fingerprint density at radius 3 is 2.73 bits per heavy atom. The molecule has 8 heteroatoms. The van der Waals surface area contributed by atoms with Gasteiger partial charge in [0, 0.05) is 56.4 Å². The molecule has 8 nitrogen and oxygen atoms in total. The van der Waals surface area contributed by atoms with E-state index >= 15 is 0 Å². The number of carboxylic acid groups (broad SMARTS) is 1. The average molecular weight is 358 g/mol. The van der Waals surface area contributed by atoms with E-state index in [1.807, 2.05) is 11.9 Å². The van der Waals surface area contributed by atoms with Crippen molar-refractivity contribution < 1.29 is 19.5 Å². The van der Waals surface area contributed by atoms with E-state index in [-0.39, 0.29) is 24.4 Å². The fraction of sp³-hybridized carbons (Fsp3) is 0.500. The summed E-state index contributed by atoms with van der Waals surface area (Å²) in [6.45, 7) is 2.97. The van der Waals surface area contributed by atoms with Crippen LogP contribution in [-0.2, 0) is 4.79 Å². The molecule has 0 unspecified atom stereocenters. The van der Waals surface area contributed by atoms with Crippen molar-refractivity contribution in [3.63, 3.8) is 0 Å². The van der Waals surface area contributed by atoms with E-state index in [9.17, 15) is 19.5 Å². The molecule has 1 aromatic rings. The monoisotopic (exact) mass is 358 g/mol. The van der Waals surface area contributed by atoms with E-state index in [1.54, 1.807) is 34.1 Å². The van der Waals surface area contributed by atoms with Crippen molar-refractivity contribution in [3.8, 4) is 0 Å². The molecule has 3 fully saturated rings. The van der Waals surface area contributed by atoms with Crippen molar-refractivity contribution in [3.05, 3.63) is 29.8 Å². The highest BCUT2D eigenvalue weighted by molar-refractivity contribution is 5.99. The zero-order valence-electron chi connectivity index (χ0n) is 14.6. The van der Waals surface area contributed by atoms with Crippen molar-refractivity contribution in [2.24, 2.45) is 11.3 Å². The Bertz CT molecular complexity index is 782. The summed E-state index contributed by atoms with van der Waals surface area (Å²) in [6.07, 6.45) is 0. The van der Waals surface area contributed by atoms with Gasteiger partial charge in [-0.25, -0.2) is 4.79 Å². The topological polar surface area (TPSA) is 93.2 Å². The summed E-state index contributed by atoms with van der Waals surface area (Å²) < 4.78 is 0. The molecule has 0 saturated carbocycles. The second-order valence-corrected chi connectivity index (χ2v) is 7.47. The Morgan fingerprint density at radius 2 is 2.08 bits per heavy atom. The van der Waals surface area contributed by atoms with Crippen LogP contribution in [0.1, 0.15) is 10.4 Å². The number of rotatable bonds is 3. The molecule has 0 radical (unpaired) electrons. The van der Waals surface area contributed by atoms with Gasteiger partial charge in [0.05, 0.1) is 0 Å². The van der Waals surface area contributed by atoms with Gasteiger partial charge in [-0.05, 0) is 25.2 Å². The van der Waals surface area contributed by atoms with Crippen LogP contribution in [0, 0.1) is 11.3 Å². The van der Waals surface area contributed by atoms with E-state index in [4.69, 9.17) is 0 Å². The molecule has 3 aliphatic rings. The number of carbonyl (C=O) groups excluding carboxylic acids is 2. The first-order valence-corrected chi connectivity index (χ1v) is 8.77. The minimum atomic E-state index is -0.878. The Kier molecular flexibility index (Phi) is 3.87. The molecule has 26 heavy (non-hydrogen) atoms. The lowest BCUT2D eigenvalue weighted by Crippen LogP contribution is -2.41. The number of fused-ring (bicyclic) bond motifs is 1. The van der Waals surface area contributed by atoms with E-state index in [0.29, 0.717) is 44.0 Å². The number of hydrogen-bond donors (Lipinski definition) is 2. The first-order chi connectivity index (χ1) is 12.4. The van der Waals surface area contributed by atoms with Crippen molar-refractivity contribution in [1.82, 2.24) is 15.1 Å². The lowest BCUT2D eigenvalue weighted by atomic mass is 9.81. The van der Waals surface area contributed by atoms with Crippen LogP contribution in [0.3, 0.4) is 0 Å². The fourth-order valence-electron chi connectivity index (χ4n) is 4.48. The zero-order chi connectivity index (χ0) is 18.5. The summed E-state index contributed by atoms with van der Waals surface area (Å²) in [7, 11) is 1.92. The summed E-state index contributed by atoms with van der Waals surface area (Å²) in [5, 5.41) is 12.5. The molecule has 3 aliphatic heterocycles. The van der Waals surface area contributed by atoms with E-state index < -0.39 is 11.4 Å². The Labute approximate surface area is 151 Å². The van der Waals surface area contributed by atoms with Crippen LogP contribution >= 0.6 is 0 Å². The third-order valence-electron chi connectivity index (χ3n) is 5.75. The summed E-state index contributed by atoms with van der Waals surface area (Å²) in [5.41, 5.74) is 0.283. The molecule has 2 atom stereocenters. The molecule has 3 heterocycles. The Hall–Kier alpha value is -2.61. The van der Waals surface area contributed by atoms with Gasteiger partial charge >= 0.3 is 12.0 Å². The Balaban J connectivity index is 1.56. The molecule has 0 aromatic heterocycles. The van der Waals surface area contributed by atoms with Crippen LogP contribution in [0.15, 0.2) is 24.3 Å². The number of hydrogen-bond acceptors (Lipinski definition) is 4. The molecule has 3 amide bonds. The normalized spacial score (nSPS) is 28.3. The van der Waals surface area contributed by atoms with Gasteiger partial charge in [0.2, 0.25) is 0 Å². The number of carboxylic acids is 1. The zero-order valence-corrected chi connectivity index (χ0v) is 14.6. The maximum atomic E-state index is 13.0. The number of carbonyl (C=O) groups is 3. The fourth-order valence-corrected chi connectivity index (χ4v) is 4.48. The number of nitrogens with one attached hydrogen (secondary N) is 1. The van der Waals surface area contributed by atoms with Gasteiger partial charge in [-0.2, -0.15) is 0 Å². The SMILES string of the molecule is CN1C[C@@H]2CN(C(=O)c3cccc(N4CCNC4=O)c3)C[C@]2(C(=O)O)C1. The third kappa shape index (κ3) is 2.52. The van der Waals surface area contributed by atoms with Gasteiger partial charge in [-0.3, -0.25) is 14.5 Å². The summed E-state index contributed by atoms with van der Waals surface area (Å²) in [5.74, 6) is -1.06. The highest BCUT2D eigenvalue weighted by atomic mass is 16.4. The smallest absolute Gasteiger partial charge is 0.321 e. The van der Waals surface area contributed by atoms with Gasteiger partial charge in [0.25, 0.3) is 5.91 Å². The van der Waals surface area contributed by atoms with Crippen LogP contribution in [0.25, 0.3) is 0 Å². The van der Waals surface area contributed by atoms with Crippen LogP contribution in [-0.4, -0.2) is 79.1 Å². The van der Waals surface area contributed by atoms with Gasteiger partial charge in [-0.15, -0.1) is 0 Å². The average Bonchev–Trinajstić information content (AvgIpc) is 3.26. The van der Waals surface area contributed by atoms with Crippen LogP contribution in [0.4, 0.5) is 10.5 Å². The number of nitrogens with zero attached hydrogens (tertiary/aromatic N) is 3. The molecular weight excluding hydrogens is 336 g/mol. The standard InChI is InChI=1S/C18H22N4O4/c1-20-8-13-9-21(11-18(13,10-20)16(24)25)15(23)12-3-2-4-14(7-12)22-6-5-19-17(22)26/h2-4,7,13H,5-6,8-11H2,1H3,(H,19,26)(H,24,25)/t13-,18-/m1/s1. The number of anilines is 1. The number of benzene rings is 1. The second kappa shape index (κ2) is 5.98. The summed E-state index contributed by atoms with van der Waals surface area (Å²) in [6, 6.07) is 6.81. The highest BCUT2D eigenvalue weighted by Gasteiger charge is 2.57. The predicted molar refractivity (Wildman–Crippen MR) is 94.1 cm³/mol. The maximum Gasteiger partial charge on any atom is 0.321 e. The molecule has 3 saturated heterocycles. The van der Waals surface area contributed by atoms with Crippen LogP contribution < -0.4 is 10.2 Å². The maximum absolute atomic E-state index is 13.0. The third-order valence-corrected chi connectivity index (χ3v) is 5.75. The predicted octanol–water partition coefficient (Wildman–Crippen LogP) is 0.305. The van der Waals surface area contributed by atoms with E-state index in [2.05, 4.69) is 5.32 Å². The molecular formula is C18H22N4O4. The summed E-state index contributed by atoms with van der Waals surface area (Å²) in [4.78, 5) is 42.0. The first kappa shape index (κ1) is 16.8. The van der Waals surface area contributed by atoms with Crippen molar-refractivity contribution >= 4 is 23.6 Å². The van der Waals surface area contributed by atoms with Gasteiger partial charge < -0.3 is 20.2 Å². The van der Waals surface area contributed by atoms with Crippen molar-refractivity contribution in [1.29, 1.82) is 0 Å². The minimum absolute atomic E-state index is 0.0542. The van der Waals surface area contributed by atoms with Gasteiger partial charge in [-0.1, -0.05) is 6.07 Å². The Morgan fingerprint density at radius 1 is 1.27 bits per heavy atom. The highest BCUT2D eigenvalue weighted by Crippen LogP contribution is 2.42. The first-order valence-electron chi connectivity index (χ1n) is 8.77. The van der Waals surface area contributed by atoms with E-state index in [1.165, 1.54) is 0 Å². The molecule has 0 aliphatic carbocycles. The number of aliphatic carboxylic acids is 1. The number of urea groups is 1. The number of likely N-dealkylation sites (tertiary alicyclic amines) is 2. The lowest BCUT2D eigenvalue weighted by molar-refractivity contribution is -0.148. The lowest BCUT2D eigenvalue weighted by Gasteiger charge is -2.24. The quantitative estimate of drug-likeness (QED) is 0.811. The largest absolute Gasteiger partial charge is 0.481 e. The minimum Gasteiger partial charge on any atom is -0.481 e. The molecule has 0 bridgehead atoms. The van der Waals surface area contributed by atoms with Crippen molar-refractivity contribution in [2.75, 3.05) is 51.2 Å². The second-order valence-electron chi connectivity index (χ2n) is 7.47. The molecule has 1 aromatic carbocycles. The number of amides is 3. The summed E-state index contributed by atoms with van der Waals surface area (Å²) >= 11 is 0. The van der Waals surface area contributed by atoms with Crippen molar-refractivity contribution in [2.45, 2.75) is 0 Å². The molecule has 2 N–H and O–H groups in total. The van der Waals surface area contributed by atoms with Gasteiger partial charge in [0.1, 0.15) is 5.41 Å². The molecule has 138 valence electrons. The van der Waals surface area contributed by atoms with Crippen LogP contribution in [0.5, 0.6) is 0 Å². The van der Waals surface area contributed by atoms with Crippen LogP contribution in [0.2, 0.25) is 0 Å². The molecule has 0 spiro atoms.